The standard InChI is InChI=1S/C26H26N4O3S/c1-19(2)29-34(32,33)23-14-12-22(13-15-23)28-26(31)25-7-4-3-6-24(25)21-10-8-20(9-11-21)18-30-17-5-16-27-30/h3-17,19,29H,18H2,1-2H3,(H,28,31). The SMILES string of the molecule is CC(C)NS(=O)(=O)c1ccc(NC(=O)c2ccccc2-c2ccc(Cn3cccn3)cc2)cc1. The molecule has 0 saturated carbocycles. The zero-order chi connectivity index (χ0) is 24.1. The maximum Gasteiger partial charge on any atom is 0.256 e. The van der Waals surface area contributed by atoms with E-state index in [1.807, 2.05) is 59.4 Å². The van der Waals surface area contributed by atoms with Gasteiger partial charge in [0.1, 0.15) is 0 Å². The highest BCUT2D eigenvalue weighted by molar-refractivity contribution is 7.89. The summed E-state index contributed by atoms with van der Waals surface area (Å²) in [6.07, 6.45) is 3.66. The van der Waals surface area contributed by atoms with E-state index >= 15 is 0 Å². The molecular weight excluding hydrogens is 448 g/mol. The van der Waals surface area contributed by atoms with Crippen molar-refractivity contribution in [2.75, 3.05) is 5.32 Å². The van der Waals surface area contributed by atoms with Crippen molar-refractivity contribution in [1.82, 2.24) is 14.5 Å². The second-order valence-corrected chi connectivity index (χ2v) is 9.91. The summed E-state index contributed by atoms with van der Waals surface area (Å²) >= 11 is 0. The lowest BCUT2D eigenvalue weighted by molar-refractivity contribution is 0.102. The van der Waals surface area contributed by atoms with Crippen molar-refractivity contribution in [3.8, 4) is 11.1 Å². The van der Waals surface area contributed by atoms with Gasteiger partial charge >= 0.3 is 0 Å². The molecule has 34 heavy (non-hydrogen) atoms. The quantitative estimate of drug-likeness (QED) is 0.392. The summed E-state index contributed by atoms with van der Waals surface area (Å²) in [6.45, 7) is 4.20. The van der Waals surface area contributed by atoms with Crippen LogP contribution >= 0.6 is 0 Å². The van der Waals surface area contributed by atoms with Crippen LogP contribution in [0.2, 0.25) is 0 Å². The first-order valence-electron chi connectivity index (χ1n) is 10.9. The largest absolute Gasteiger partial charge is 0.322 e. The van der Waals surface area contributed by atoms with Crippen molar-refractivity contribution >= 4 is 21.6 Å². The highest BCUT2D eigenvalue weighted by Crippen LogP contribution is 2.25. The molecule has 4 aromatic rings. The second kappa shape index (κ2) is 10.0. The molecule has 8 heteroatoms. The zero-order valence-corrected chi connectivity index (χ0v) is 19.8. The normalized spacial score (nSPS) is 11.5. The topological polar surface area (TPSA) is 93.1 Å². The fraction of sp³-hybridized carbons (Fsp3) is 0.154. The molecule has 174 valence electrons. The van der Waals surface area contributed by atoms with E-state index in [0.717, 1.165) is 16.7 Å². The minimum Gasteiger partial charge on any atom is -0.322 e. The lowest BCUT2D eigenvalue weighted by Gasteiger charge is -2.12. The molecule has 0 bridgehead atoms. The number of hydrogen-bond acceptors (Lipinski definition) is 4. The Morgan fingerprint density at radius 1 is 0.941 bits per heavy atom. The number of carbonyl (C=O) groups is 1. The van der Waals surface area contributed by atoms with E-state index in [0.29, 0.717) is 17.8 Å². The van der Waals surface area contributed by atoms with Crippen LogP contribution in [0.4, 0.5) is 5.69 Å². The van der Waals surface area contributed by atoms with Gasteiger partial charge in [0.05, 0.1) is 11.4 Å². The second-order valence-electron chi connectivity index (χ2n) is 8.20. The predicted octanol–water partition coefficient (Wildman–Crippen LogP) is 4.54. The first kappa shape index (κ1) is 23.4. The average Bonchev–Trinajstić information content (AvgIpc) is 3.32. The number of rotatable bonds is 8. The Morgan fingerprint density at radius 2 is 1.65 bits per heavy atom. The molecule has 1 heterocycles. The summed E-state index contributed by atoms with van der Waals surface area (Å²) in [6, 6.07) is 23.2. The van der Waals surface area contributed by atoms with Crippen LogP contribution in [0.1, 0.15) is 29.8 Å². The van der Waals surface area contributed by atoms with Gasteiger partial charge in [0.25, 0.3) is 5.91 Å². The van der Waals surface area contributed by atoms with Gasteiger partial charge in [-0.3, -0.25) is 9.48 Å². The fourth-order valence-electron chi connectivity index (χ4n) is 3.60. The van der Waals surface area contributed by atoms with Gasteiger partial charge in [0, 0.05) is 29.7 Å². The number of nitrogens with one attached hydrogen (secondary N) is 2. The number of anilines is 1. The van der Waals surface area contributed by atoms with Gasteiger partial charge in [0.2, 0.25) is 10.0 Å². The lowest BCUT2D eigenvalue weighted by atomic mass is 9.98. The third-order valence-electron chi connectivity index (χ3n) is 5.15. The number of aromatic nitrogens is 2. The number of benzene rings is 3. The van der Waals surface area contributed by atoms with Crippen molar-refractivity contribution in [2.45, 2.75) is 31.3 Å². The number of sulfonamides is 1. The fourth-order valence-corrected chi connectivity index (χ4v) is 4.85. The number of carbonyl (C=O) groups excluding carboxylic acids is 1. The van der Waals surface area contributed by atoms with Crippen molar-refractivity contribution in [2.24, 2.45) is 0 Å². The van der Waals surface area contributed by atoms with E-state index in [2.05, 4.69) is 15.1 Å². The number of hydrogen-bond donors (Lipinski definition) is 2. The molecule has 0 saturated heterocycles. The molecule has 1 aromatic heterocycles. The van der Waals surface area contributed by atoms with Crippen LogP contribution < -0.4 is 10.0 Å². The maximum absolute atomic E-state index is 13.1. The Bertz CT molecular complexity index is 1360. The molecule has 0 spiro atoms. The van der Waals surface area contributed by atoms with Crippen molar-refractivity contribution < 1.29 is 13.2 Å². The monoisotopic (exact) mass is 474 g/mol. The first-order valence-corrected chi connectivity index (χ1v) is 12.4. The van der Waals surface area contributed by atoms with E-state index < -0.39 is 10.0 Å². The average molecular weight is 475 g/mol. The van der Waals surface area contributed by atoms with Crippen LogP contribution in [-0.2, 0) is 16.6 Å². The maximum atomic E-state index is 13.1. The first-order chi connectivity index (χ1) is 16.3. The molecule has 1 amide bonds. The zero-order valence-electron chi connectivity index (χ0n) is 19.0. The molecular formula is C26H26N4O3S. The summed E-state index contributed by atoms with van der Waals surface area (Å²) in [5, 5.41) is 7.09. The molecule has 0 radical (unpaired) electrons. The third-order valence-corrected chi connectivity index (χ3v) is 6.83. The van der Waals surface area contributed by atoms with Gasteiger partial charge in [-0.25, -0.2) is 13.1 Å². The van der Waals surface area contributed by atoms with Crippen molar-refractivity contribution in [3.63, 3.8) is 0 Å². The molecule has 0 unspecified atom stereocenters. The Hall–Kier alpha value is -3.75. The van der Waals surface area contributed by atoms with Crippen LogP contribution in [0.25, 0.3) is 11.1 Å². The minimum absolute atomic E-state index is 0.148. The molecule has 0 aliphatic carbocycles. The van der Waals surface area contributed by atoms with Crippen LogP contribution in [0.5, 0.6) is 0 Å². The third kappa shape index (κ3) is 5.59. The smallest absolute Gasteiger partial charge is 0.256 e. The highest BCUT2D eigenvalue weighted by Gasteiger charge is 2.16. The van der Waals surface area contributed by atoms with Crippen LogP contribution in [0, 0.1) is 0 Å². The Labute approximate surface area is 199 Å². The van der Waals surface area contributed by atoms with E-state index in [9.17, 15) is 13.2 Å². The molecule has 3 aromatic carbocycles. The molecule has 7 nitrogen and oxygen atoms in total. The number of amides is 1. The van der Waals surface area contributed by atoms with E-state index in [1.54, 1.807) is 38.2 Å². The number of nitrogens with zero attached hydrogens (tertiary/aromatic N) is 2. The molecule has 4 rings (SSSR count). The van der Waals surface area contributed by atoms with Gasteiger partial charge < -0.3 is 5.32 Å². The Balaban J connectivity index is 1.51. The van der Waals surface area contributed by atoms with E-state index in [1.165, 1.54) is 12.1 Å². The lowest BCUT2D eigenvalue weighted by Crippen LogP contribution is -2.30. The minimum atomic E-state index is -3.59. The van der Waals surface area contributed by atoms with Gasteiger partial charge in [-0.15, -0.1) is 0 Å². The molecule has 2 N–H and O–H groups in total. The van der Waals surface area contributed by atoms with Crippen molar-refractivity contribution in [3.05, 3.63) is 102 Å². The summed E-state index contributed by atoms with van der Waals surface area (Å²) < 4.78 is 29.0. The molecule has 0 aliphatic rings. The van der Waals surface area contributed by atoms with Crippen molar-refractivity contribution in [1.29, 1.82) is 0 Å². The Kier molecular flexibility index (Phi) is 6.90. The van der Waals surface area contributed by atoms with Gasteiger partial charge in [-0.2, -0.15) is 5.10 Å². The summed E-state index contributed by atoms with van der Waals surface area (Å²) in [4.78, 5) is 13.2. The van der Waals surface area contributed by atoms with Crippen LogP contribution in [-0.4, -0.2) is 30.1 Å². The van der Waals surface area contributed by atoms with Crippen LogP contribution in [0.3, 0.4) is 0 Å². The van der Waals surface area contributed by atoms with Gasteiger partial charge in [-0.1, -0.05) is 42.5 Å². The molecule has 0 fully saturated rings. The molecule has 0 aliphatic heterocycles. The Morgan fingerprint density at radius 3 is 2.29 bits per heavy atom. The van der Waals surface area contributed by atoms with E-state index in [-0.39, 0.29) is 16.8 Å². The predicted molar refractivity (Wildman–Crippen MR) is 133 cm³/mol. The summed E-state index contributed by atoms with van der Waals surface area (Å²) in [5.41, 5.74) is 3.89. The van der Waals surface area contributed by atoms with Crippen LogP contribution in [0.15, 0.2) is 96.2 Å². The van der Waals surface area contributed by atoms with Gasteiger partial charge in [-0.05, 0) is 66.9 Å². The molecule has 0 atom stereocenters. The highest BCUT2D eigenvalue weighted by atomic mass is 32.2. The summed E-state index contributed by atoms with van der Waals surface area (Å²) in [7, 11) is -3.59. The van der Waals surface area contributed by atoms with E-state index in [4.69, 9.17) is 0 Å². The summed E-state index contributed by atoms with van der Waals surface area (Å²) in [5.74, 6) is -0.271. The van der Waals surface area contributed by atoms with Gasteiger partial charge in [0.15, 0.2) is 0 Å².